The van der Waals surface area contributed by atoms with Gasteiger partial charge in [0, 0.05) is 5.92 Å². The second kappa shape index (κ2) is 8.47. The van der Waals surface area contributed by atoms with E-state index in [1.165, 1.54) is 36.7 Å². The molecule has 5 rings (SSSR count). The number of hydrogen-bond donors (Lipinski definition) is 1. The fraction of sp³-hybridized carbons (Fsp3) is 0.846. The van der Waals surface area contributed by atoms with E-state index in [0.29, 0.717) is 11.8 Å². The van der Waals surface area contributed by atoms with Gasteiger partial charge in [0.05, 0.1) is 18.4 Å². The highest BCUT2D eigenvalue weighted by atomic mass is 16.5. The van der Waals surface area contributed by atoms with Gasteiger partial charge in [0.2, 0.25) is 0 Å². The lowest BCUT2D eigenvalue weighted by Crippen LogP contribution is -2.51. The molecular weight excluding hydrogens is 418 g/mol. The highest BCUT2D eigenvalue weighted by molar-refractivity contribution is 5.86. The summed E-state index contributed by atoms with van der Waals surface area (Å²) in [5, 5.41) is 18.9. The van der Waals surface area contributed by atoms with Crippen molar-refractivity contribution in [3.8, 4) is 0 Å². The van der Waals surface area contributed by atoms with Crippen LogP contribution in [0.25, 0.3) is 0 Å². The van der Waals surface area contributed by atoms with Crippen LogP contribution in [0.15, 0.2) is 6.20 Å². The average Bonchev–Trinajstić information content (AvgIpc) is 3.37. The van der Waals surface area contributed by atoms with Crippen LogP contribution in [0.5, 0.6) is 0 Å². The van der Waals surface area contributed by atoms with Crippen molar-refractivity contribution in [3.05, 3.63) is 11.9 Å². The van der Waals surface area contributed by atoms with Gasteiger partial charge in [-0.05, 0) is 107 Å². The first kappa shape index (κ1) is 23.0. The van der Waals surface area contributed by atoms with E-state index in [9.17, 15) is 14.7 Å². The summed E-state index contributed by atoms with van der Waals surface area (Å²) in [4.78, 5) is 26.6. The van der Waals surface area contributed by atoms with Crippen LogP contribution < -0.4 is 0 Å². The van der Waals surface area contributed by atoms with Gasteiger partial charge in [0.1, 0.15) is 6.54 Å². The molecule has 0 amide bonds. The maximum atomic E-state index is 13.4. The molecule has 0 spiro atoms. The molecule has 4 fully saturated rings. The van der Waals surface area contributed by atoms with Crippen LogP contribution in [0.1, 0.15) is 89.0 Å². The van der Waals surface area contributed by atoms with Gasteiger partial charge in [-0.1, -0.05) is 6.92 Å². The van der Waals surface area contributed by atoms with E-state index in [-0.39, 0.29) is 36.0 Å². The minimum atomic E-state index is -0.498. The Balaban J connectivity index is 1.26. The molecule has 8 atom stereocenters. The van der Waals surface area contributed by atoms with Crippen molar-refractivity contribution in [1.29, 1.82) is 0 Å². The fourth-order valence-electron chi connectivity index (χ4n) is 8.53. The van der Waals surface area contributed by atoms with Gasteiger partial charge < -0.3 is 9.84 Å². The topological polar surface area (TPSA) is 94.3 Å². The van der Waals surface area contributed by atoms with E-state index < -0.39 is 11.6 Å². The molecule has 0 bridgehead atoms. The quantitative estimate of drug-likeness (QED) is 0.671. The second-order valence-electron chi connectivity index (χ2n) is 11.8. The minimum Gasteiger partial charge on any atom is -0.461 e. The van der Waals surface area contributed by atoms with Crippen molar-refractivity contribution in [3.63, 3.8) is 0 Å². The molecule has 0 saturated heterocycles. The fourth-order valence-corrected chi connectivity index (χ4v) is 8.53. The standard InChI is InChI=1S/C26H39N3O4/c1-4-33-24(31)22-14-27-29(28-22)15-23(30)21-8-7-20-19-6-5-16-13-25(2,32)11-9-17(16)18(19)10-12-26(20,21)3/h14,16-21,32H,4-13,15H2,1-3H3/t16?,17-,18+,19+,20-,21+,25+,26-/m0/s1. The summed E-state index contributed by atoms with van der Waals surface area (Å²) in [6.45, 7) is 6.55. The molecule has 1 aromatic heterocycles. The van der Waals surface area contributed by atoms with Crippen molar-refractivity contribution in [1.82, 2.24) is 15.0 Å². The number of rotatable bonds is 5. The number of Topliss-reactive ketones (excluding diaryl/α,β-unsaturated/α-hetero) is 1. The zero-order valence-electron chi connectivity index (χ0n) is 20.3. The van der Waals surface area contributed by atoms with Crippen molar-refractivity contribution < 1.29 is 19.4 Å². The van der Waals surface area contributed by atoms with Crippen molar-refractivity contribution in [2.24, 2.45) is 40.9 Å². The zero-order chi connectivity index (χ0) is 23.4. The number of esters is 1. The summed E-state index contributed by atoms with van der Waals surface area (Å²) < 4.78 is 4.98. The summed E-state index contributed by atoms with van der Waals surface area (Å²) >= 11 is 0. The Kier molecular flexibility index (Phi) is 5.91. The van der Waals surface area contributed by atoms with Gasteiger partial charge >= 0.3 is 5.97 Å². The Morgan fingerprint density at radius 3 is 2.67 bits per heavy atom. The van der Waals surface area contributed by atoms with Crippen LogP contribution >= 0.6 is 0 Å². The number of fused-ring (bicyclic) bond motifs is 5. The predicted octanol–water partition coefficient (Wildman–Crippen LogP) is 4.04. The van der Waals surface area contributed by atoms with E-state index in [0.717, 1.165) is 49.9 Å². The van der Waals surface area contributed by atoms with Crippen LogP contribution in [0.3, 0.4) is 0 Å². The SMILES string of the molecule is CCOC(=O)c1cnn(CC(=O)[C@H]2CC[C@H]3[C@@H]4CCC5C[C@](C)(O)CC[C@@H]5[C@H]4CC[C@]23C)n1. The maximum Gasteiger partial charge on any atom is 0.360 e. The highest BCUT2D eigenvalue weighted by Crippen LogP contribution is 2.64. The molecule has 0 aromatic carbocycles. The molecule has 1 N–H and O–H groups in total. The third-order valence-electron chi connectivity index (χ3n) is 9.94. The number of hydrogen-bond acceptors (Lipinski definition) is 6. The van der Waals surface area contributed by atoms with Gasteiger partial charge in [-0.2, -0.15) is 9.90 Å². The Morgan fingerprint density at radius 1 is 1.09 bits per heavy atom. The van der Waals surface area contributed by atoms with E-state index in [2.05, 4.69) is 17.1 Å². The average molecular weight is 458 g/mol. The summed E-state index contributed by atoms with van der Waals surface area (Å²) in [7, 11) is 0. The lowest BCUT2D eigenvalue weighted by molar-refractivity contribution is -0.133. The first-order chi connectivity index (χ1) is 15.7. The minimum absolute atomic E-state index is 0.0466. The monoisotopic (exact) mass is 457 g/mol. The normalized spacial score (nSPS) is 42.2. The highest BCUT2D eigenvalue weighted by Gasteiger charge is 2.58. The van der Waals surface area contributed by atoms with Gasteiger partial charge in [0.25, 0.3) is 0 Å². The van der Waals surface area contributed by atoms with Gasteiger partial charge in [-0.15, -0.1) is 5.10 Å². The second-order valence-corrected chi connectivity index (χ2v) is 11.8. The molecule has 182 valence electrons. The van der Waals surface area contributed by atoms with Crippen LogP contribution in [0, 0.1) is 40.9 Å². The molecule has 4 aliphatic rings. The molecule has 0 aliphatic heterocycles. The predicted molar refractivity (Wildman–Crippen MR) is 122 cm³/mol. The van der Waals surface area contributed by atoms with E-state index in [4.69, 9.17) is 4.74 Å². The van der Waals surface area contributed by atoms with Crippen LogP contribution in [-0.2, 0) is 16.1 Å². The number of aliphatic hydroxyl groups is 1. The molecule has 1 heterocycles. The molecule has 4 saturated carbocycles. The van der Waals surface area contributed by atoms with E-state index in [1.807, 2.05) is 6.92 Å². The Hall–Kier alpha value is -1.76. The zero-order valence-corrected chi connectivity index (χ0v) is 20.3. The number of carbonyl (C=O) groups excluding carboxylic acids is 2. The smallest absolute Gasteiger partial charge is 0.360 e. The number of carbonyl (C=O) groups is 2. The van der Waals surface area contributed by atoms with Gasteiger partial charge in [-0.3, -0.25) is 4.79 Å². The van der Waals surface area contributed by atoms with Crippen LogP contribution in [0.4, 0.5) is 0 Å². The summed E-state index contributed by atoms with van der Waals surface area (Å²) in [6.07, 6.45) is 11.4. The van der Waals surface area contributed by atoms with Crippen molar-refractivity contribution in [2.45, 2.75) is 90.7 Å². The summed E-state index contributed by atoms with van der Waals surface area (Å²) in [6, 6.07) is 0. The van der Waals surface area contributed by atoms with Gasteiger partial charge in [-0.25, -0.2) is 4.79 Å². The molecule has 7 heteroatoms. The number of nitrogens with zero attached hydrogens (tertiary/aromatic N) is 3. The Morgan fingerprint density at radius 2 is 1.88 bits per heavy atom. The lowest BCUT2D eigenvalue weighted by atomic mass is 9.49. The number of aromatic nitrogens is 3. The maximum absolute atomic E-state index is 13.4. The molecule has 7 nitrogen and oxygen atoms in total. The summed E-state index contributed by atoms with van der Waals surface area (Å²) in [5.74, 6) is 3.31. The van der Waals surface area contributed by atoms with Gasteiger partial charge in [0.15, 0.2) is 11.5 Å². The van der Waals surface area contributed by atoms with Crippen molar-refractivity contribution >= 4 is 11.8 Å². The Bertz CT molecular complexity index is 911. The van der Waals surface area contributed by atoms with Crippen molar-refractivity contribution in [2.75, 3.05) is 6.61 Å². The third-order valence-corrected chi connectivity index (χ3v) is 9.94. The first-order valence-corrected chi connectivity index (χ1v) is 13.0. The molecule has 1 unspecified atom stereocenters. The molecular formula is C26H39N3O4. The largest absolute Gasteiger partial charge is 0.461 e. The lowest BCUT2D eigenvalue weighted by Gasteiger charge is -2.56. The van der Waals surface area contributed by atoms with Crippen LogP contribution in [0.2, 0.25) is 0 Å². The molecule has 4 aliphatic carbocycles. The number of ether oxygens (including phenoxy) is 1. The van der Waals surface area contributed by atoms with E-state index >= 15 is 0 Å². The Labute approximate surface area is 196 Å². The molecule has 1 aromatic rings. The molecule has 0 radical (unpaired) electrons. The summed E-state index contributed by atoms with van der Waals surface area (Å²) in [5.41, 5.74) is -0.262. The van der Waals surface area contributed by atoms with E-state index in [1.54, 1.807) is 6.92 Å². The van der Waals surface area contributed by atoms with Crippen LogP contribution in [-0.4, -0.2) is 44.1 Å². The molecule has 33 heavy (non-hydrogen) atoms. The third kappa shape index (κ3) is 4.04. The number of ketones is 1. The first-order valence-electron chi connectivity index (χ1n) is 13.0.